The van der Waals surface area contributed by atoms with Crippen molar-refractivity contribution in [3.8, 4) is 0 Å². The van der Waals surface area contributed by atoms with E-state index in [2.05, 4.69) is 5.32 Å². The van der Waals surface area contributed by atoms with Gasteiger partial charge in [0.1, 0.15) is 11.9 Å². The SMILES string of the molecule is CC(=O)NCC1CN(c2ccc(C3=CCN(C(=O)N4CCSCC4)CC3)c(F)c2)C(=O)O1. The summed E-state index contributed by atoms with van der Waals surface area (Å²) in [7, 11) is 0. The van der Waals surface area contributed by atoms with E-state index in [9.17, 15) is 18.8 Å². The van der Waals surface area contributed by atoms with E-state index in [1.165, 1.54) is 17.9 Å². The largest absolute Gasteiger partial charge is 0.442 e. The third kappa shape index (κ3) is 5.01. The lowest BCUT2D eigenvalue weighted by Gasteiger charge is -2.34. The van der Waals surface area contributed by atoms with Crippen molar-refractivity contribution in [1.82, 2.24) is 15.1 Å². The highest BCUT2D eigenvalue weighted by Crippen LogP contribution is 2.30. The molecule has 0 bridgehead atoms. The number of carbonyl (C=O) groups excluding carboxylic acids is 3. The molecule has 2 saturated heterocycles. The summed E-state index contributed by atoms with van der Waals surface area (Å²) in [5, 5.41) is 2.62. The van der Waals surface area contributed by atoms with Crippen LogP contribution >= 0.6 is 11.8 Å². The monoisotopic (exact) mass is 462 g/mol. The lowest BCUT2D eigenvalue weighted by molar-refractivity contribution is -0.119. The van der Waals surface area contributed by atoms with Crippen molar-refractivity contribution in [2.45, 2.75) is 19.4 Å². The molecule has 3 heterocycles. The smallest absolute Gasteiger partial charge is 0.414 e. The molecule has 4 rings (SSSR count). The van der Waals surface area contributed by atoms with Crippen LogP contribution in [-0.2, 0) is 9.53 Å². The standard InChI is InChI=1S/C22H27FN4O4S/c1-15(28)24-13-18-14-27(22(30)31-18)17-2-3-19(20(23)12-17)16-4-6-25(7-5-16)21(29)26-8-10-32-11-9-26/h2-4,12,18H,5-11,13-14H2,1H3,(H,24,28). The van der Waals surface area contributed by atoms with Gasteiger partial charge in [-0.05, 0) is 30.2 Å². The fourth-order valence-corrected chi connectivity index (χ4v) is 4.97. The first kappa shape index (κ1) is 22.4. The Bertz CT molecular complexity index is 935. The molecule has 32 heavy (non-hydrogen) atoms. The number of amides is 4. The van der Waals surface area contributed by atoms with Gasteiger partial charge in [-0.15, -0.1) is 0 Å². The molecule has 1 unspecified atom stereocenters. The van der Waals surface area contributed by atoms with Crippen molar-refractivity contribution in [2.75, 3.05) is 55.7 Å². The fourth-order valence-electron chi connectivity index (χ4n) is 4.07. The van der Waals surface area contributed by atoms with Crippen LogP contribution in [0.5, 0.6) is 0 Å². The molecule has 8 nitrogen and oxygen atoms in total. The van der Waals surface area contributed by atoms with E-state index >= 15 is 0 Å². The van der Waals surface area contributed by atoms with Crippen molar-refractivity contribution in [2.24, 2.45) is 0 Å². The number of rotatable bonds is 4. The first-order valence-electron chi connectivity index (χ1n) is 10.8. The number of hydrogen-bond acceptors (Lipinski definition) is 5. The van der Waals surface area contributed by atoms with Crippen molar-refractivity contribution in [3.05, 3.63) is 35.7 Å². The van der Waals surface area contributed by atoms with Gasteiger partial charge in [0.05, 0.1) is 18.8 Å². The Kier molecular flexibility index (Phi) is 6.88. The Morgan fingerprint density at radius 3 is 2.66 bits per heavy atom. The molecule has 1 N–H and O–H groups in total. The topological polar surface area (TPSA) is 82.2 Å². The minimum atomic E-state index is -0.561. The number of hydrogen-bond donors (Lipinski definition) is 1. The van der Waals surface area contributed by atoms with Gasteiger partial charge in [-0.25, -0.2) is 14.0 Å². The summed E-state index contributed by atoms with van der Waals surface area (Å²) in [4.78, 5) is 41.0. The molecule has 0 saturated carbocycles. The van der Waals surface area contributed by atoms with E-state index in [1.807, 2.05) is 22.7 Å². The normalized spacial score (nSPS) is 21.3. The summed E-state index contributed by atoms with van der Waals surface area (Å²) < 4.78 is 20.2. The van der Waals surface area contributed by atoms with Crippen LogP contribution in [0.4, 0.5) is 19.7 Å². The summed E-state index contributed by atoms with van der Waals surface area (Å²) in [5.74, 6) is 1.32. The molecule has 1 atom stereocenters. The zero-order chi connectivity index (χ0) is 22.7. The van der Waals surface area contributed by atoms with Crippen LogP contribution in [0.2, 0.25) is 0 Å². The van der Waals surface area contributed by atoms with Gasteiger partial charge in [-0.2, -0.15) is 11.8 Å². The second-order valence-corrected chi connectivity index (χ2v) is 9.25. The van der Waals surface area contributed by atoms with E-state index in [4.69, 9.17) is 4.74 Å². The molecule has 172 valence electrons. The highest BCUT2D eigenvalue weighted by atomic mass is 32.2. The molecule has 1 aromatic rings. The first-order chi connectivity index (χ1) is 15.4. The number of anilines is 1. The van der Waals surface area contributed by atoms with Crippen molar-refractivity contribution >= 4 is 41.1 Å². The number of benzene rings is 1. The minimum Gasteiger partial charge on any atom is -0.442 e. The lowest BCUT2D eigenvalue weighted by atomic mass is 9.98. The minimum absolute atomic E-state index is 0.0535. The van der Waals surface area contributed by atoms with Gasteiger partial charge in [0.15, 0.2) is 0 Å². The Morgan fingerprint density at radius 1 is 1.22 bits per heavy atom. The van der Waals surface area contributed by atoms with Crippen LogP contribution in [-0.4, -0.2) is 84.7 Å². The average Bonchev–Trinajstić information content (AvgIpc) is 3.18. The number of halogens is 1. The van der Waals surface area contributed by atoms with Gasteiger partial charge < -0.3 is 19.9 Å². The Morgan fingerprint density at radius 2 is 2.00 bits per heavy atom. The van der Waals surface area contributed by atoms with Crippen molar-refractivity contribution in [3.63, 3.8) is 0 Å². The van der Waals surface area contributed by atoms with E-state index in [1.54, 1.807) is 17.0 Å². The fraction of sp³-hybridized carbons (Fsp3) is 0.500. The molecule has 2 fully saturated rings. The maximum Gasteiger partial charge on any atom is 0.414 e. The molecule has 0 aliphatic carbocycles. The third-order valence-corrected chi connectivity index (χ3v) is 6.77. The predicted octanol–water partition coefficient (Wildman–Crippen LogP) is 2.54. The van der Waals surface area contributed by atoms with Gasteiger partial charge in [-0.3, -0.25) is 9.69 Å². The Balaban J connectivity index is 1.39. The van der Waals surface area contributed by atoms with Crippen LogP contribution in [0.25, 0.3) is 5.57 Å². The molecule has 0 spiro atoms. The number of ether oxygens (including phenoxy) is 1. The molecule has 3 aliphatic rings. The number of thioether (sulfide) groups is 1. The maximum atomic E-state index is 14.9. The highest BCUT2D eigenvalue weighted by Gasteiger charge is 2.33. The van der Waals surface area contributed by atoms with Gasteiger partial charge in [0.2, 0.25) is 5.91 Å². The van der Waals surface area contributed by atoms with Crippen LogP contribution in [0.1, 0.15) is 18.9 Å². The number of carbonyl (C=O) groups is 3. The molecular formula is C22H27FN4O4S. The summed E-state index contributed by atoms with van der Waals surface area (Å²) in [5.41, 5.74) is 1.76. The quantitative estimate of drug-likeness (QED) is 0.744. The molecule has 4 amide bonds. The molecule has 0 radical (unpaired) electrons. The molecule has 10 heteroatoms. The summed E-state index contributed by atoms with van der Waals surface area (Å²) >= 11 is 1.86. The number of nitrogens with zero attached hydrogens (tertiary/aromatic N) is 3. The molecular weight excluding hydrogens is 435 g/mol. The van der Waals surface area contributed by atoms with E-state index in [0.717, 1.165) is 30.2 Å². The third-order valence-electron chi connectivity index (χ3n) is 5.82. The van der Waals surface area contributed by atoms with Crippen molar-refractivity contribution < 1.29 is 23.5 Å². The first-order valence-corrected chi connectivity index (χ1v) is 11.9. The lowest BCUT2D eigenvalue weighted by Crippen LogP contribution is -2.47. The second-order valence-electron chi connectivity index (χ2n) is 8.02. The van der Waals surface area contributed by atoms with Gasteiger partial charge in [-0.1, -0.05) is 6.08 Å². The summed E-state index contributed by atoms with van der Waals surface area (Å²) in [6.45, 7) is 4.42. The summed E-state index contributed by atoms with van der Waals surface area (Å²) in [6, 6.07) is 4.76. The Labute approximate surface area is 190 Å². The molecule has 1 aromatic carbocycles. The second kappa shape index (κ2) is 9.81. The van der Waals surface area contributed by atoms with Crippen LogP contribution in [0, 0.1) is 5.82 Å². The maximum absolute atomic E-state index is 14.9. The van der Waals surface area contributed by atoms with Gasteiger partial charge in [0.25, 0.3) is 0 Å². The average molecular weight is 463 g/mol. The van der Waals surface area contributed by atoms with Crippen LogP contribution in [0.15, 0.2) is 24.3 Å². The van der Waals surface area contributed by atoms with Crippen molar-refractivity contribution in [1.29, 1.82) is 0 Å². The zero-order valence-electron chi connectivity index (χ0n) is 18.0. The number of nitrogens with one attached hydrogen (secondary N) is 1. The van der Waals surface area contributed by atoms with E-state index in [0.29, 0.717) is 30.8 Å². The van der Waals surface area contributed by atoms with E-state index < -0.39 is 18.0 Å². The number of urea groups is 1. The highest BCUT2D eigenvalue weighted by molar-refractivity contribution is 7.99. The summed E-state index contributed by atoms with van der Waals surface area (Å²) in [6.07, 6.45) is 1.45. The van der Waals surface area contributed by atoms with E-state index in [-0.39, 0.29) is 25.0 Å². The zero-order valence-corrected chi connectivity index (χ0v) is 18.8. The molecule has 3 aliphatic heterocycles. The van der Waals surface area contributed by atoms with Crippen LogP contribution < -0.4 is 10.2 Å². The van der Waals surface area contributed by atoms with Gasteiger partial charge >= 0.3 is 12.1 Å². The molecule has 0 aromatic heterocycles. The number of cyclic esters (lactones) is 1. The Hall–Kier alpha value is -2.75. The van der Waals surface area contributed by atoms with Gasteiger partial charge in [0, 0.05) is 50.2 Å². The predicted molar refractivity (Wildman–Crippen MR) is 121 cm³/mol. The van der Waals surface area contributed by atoms with Crippen LogP contribution in [0.3, 0.4) is 0 Å².